The number of nitrogens with zero attached hydrogens (tertiary/aromatic N) is 1. The number of rotatable bonds is 4. The van der Waals surface area contributed by atoms with Crippen LogP contribution in [-0.4, -0.2) is 4.98 Å². The van der Waals surface area contributed by atoms with Crippen molar-refractivity contribution in [2.45, 2.75) is 18.6 Å². The molecule has 0 saturated carbocycles. The summed E-state index contributed by atoms with van der Waals surface area (Å²) in [6.45, 7) is 0.400. The monoisotopic (exact) mass is 300 g/mol. The van der Waals surface area contributed by atoms with Crippen molar-refractivity contribution in [3.63, 3.8) is 0 Å². The van der Waals surface area contributed by atoms with E-state index in [-0.39, 0.29) is 5.82 Å². The summed E-state index contributed by atoms with van der Waals surface area (Å²) in [7, 11) is 0. The highest BCUT2D eigenvalue weighted by atomic mass is 35.5. The van der Waals surface area contributed by atoms with E-state index < -0.39 is 11.7 Å². The Morgan fingerprint density at radius 2 is 1.70 bits per heavy atom. The van der Waals surface area contributed by atoms with Crippen molar-refractivity contribution in [2.75, 3.05) is 5.32 Å². The molecule has 2 nitrogen and oxygen atoms in total. The van der Waals surface area contributed by atoms with Crippen LogP contribution in [0.2, 0.25) is 0 Å². The third-order valence-corrected chi connectivity index (χ3v) is 3.05. The highest BCUT2D eigenvalue weighted by Crippen LogP contribution is 2.29. The zero-order valence-corrected chi connectivity index (χ0v) is 11.2. The van der Waals surface area contributed by atoms with Gasteiger partial charge in [0.15, 0.2) is 0 Å². The van der Waals surface area contributed by atoms with Gasteiger partial charge in [-0.3, -0.25) is 0 Å². The minimum Gasteiger partial charge on any atom is -0.366 e. The van der Waals surface area contributed by atoms with Crippen LogP contribution in [0, 0.1) is 0 Å². The third-order valence-electron chi connectivity index (χ3n) is 2.74. The summed E-state index contributed by atoms with van der Waals surface area (Å²) in [5.74, 6) is 0.629. The molecule has 0 amide bonds. The van der Waals surface area contributed by atoms with Crippen molar-refractivity contribution in [1.29, 1.82) is 0 Å². The lowest BCUT2D eigenvalue weighted by atomic mass is 10.1. The summed E-state index contributed by atoms with van der Waals surface area (Å²) in [4.78, 5) is 3.87. The predicted octanol–water partition coefficient (Wildman–Crippen LogP) is 4.45. The van der Waals surface area contributed by atoms with Gasteiger partial charge in [0.2, 0.25) is 0 Å². The third kappa shape index (κ3) is 3.87. The molecule has 0 radical (unpaired) electrons. The molecule has 0 atom stereocenters. The molecule has 20 heavy (non-hydrogen) atoms. The van der Waals surface area contributed by atoms with E-state index in [4.69, 9.17) is 11.6 Å². The van der Waals surface area contributed by atoms with Crippen LogP contribution in [-0.2, 0) is 18.6 Å². The Labute approximate surface area is 119 Å². The van der Waals surface area contributed by atoms with E-state index in [1.807, 2.05) is 24.3 Å². The van der Waals surface area contributed by atoms with Crippen molar-refractivity contribution < 1.29 is 13.2 Å². The lowest BCUT2D eigenvalue weighted by molar-refractivity contribution is -0.137. The molecule has 0 bridgehead atoms. The second kappa shape index (κ2) is 6.13. The number of aromatic nitrogens is 1. The Balaban J connectivity index is 2.03. The molecule has 1 heterocycles. The first kappa shape index (κ1) is 14.7. The van der Waals surface area contributed by atoms with Gasteiger partial charge < -0.3 is 5.32 Å². The van der Waals surface area contributed by atoms with Crippen LogP contribution in [0.25, 0.3) is 0 Å². The molecule has 0 aliphatic heterocycles. The number of hydrogen-bond acceptors (Lipinski definition) is 2. The fourth-order valence-electron chi connectivity index (χ4n) is 1.64. The van der Waals surface area contributed by atoms with Crippen LogP contribution in [0.5, 0.6) is 0 Å². The number of halogens is 4. The minimum absolute atomic E-state index is 0.196. The van der Waals surface area contributed by atoms with Gasteiger partial charge in [-0.05, 0) is 23.3 Å². The van der Waals surface area contributed by atoms with E-state index in [1.54, 1.807) is 0 Å². The molecule has 0 aliphatic rings. The van der Waals surface area contributed by atoms with Gasteiger partial charge in [-0.2, -0.15) is 13.2 Å². The van der Waals surface area contributed by atoms with Gasteiger partial charge in [0, 0.05) is 18.6 Å². The van der Waals surface area contributed by atoms with E-state index in [2.05, 4.69) is 10.3 Å². The molecule has 6 heteroatoms. The Hall–Kier alpha value is -1.75. The van der Waals surface area contributed by atoms with E-state index in [1.165, 1.54) is 0 Å². The van der Waals surface area contributed by atoms with Crippen molar-refractivity contribution in [1.82, 2.24) is 4.98 Å². The molecule has 2 aromatic rings. The van der Waals surface area contributed by atoms with Gasteiger partial charge in [-0.25, -0.2) is 4.98 Å². The van der Waals surface area contributed by atoms with Gasteiger partial charge >= 0.3 is 6.18 Å². The maximum absolute atomic E-state index is 12.5. The largest absolute Gasteiger partial charge is 0.416 e. The molecule has 0 aliphatic carbocycles. The lowest BCUT2D eigenvalue weighted by Crippen LogP contribution is -2.07. The molecule has 2 rings (SSSR count). The maximum Gasteiger partial charge on any atom is 0.416 e. The van der Waals surface area contributed by atoms with Gasteiger partial charge in [0.05, 0.1) is 5.56 Å². The Morgan fingerprint density at radius 3 is 2.30 bits per heavy atom. The molecule has 1 aromatic heterocycles. The average molecular weight is 301 g/mol. The van der Waals surface area contributed by atoms with E-state index in [9.17, 15) is 13.2 Å². The fourth-order valence-corrected chi connectivity index (χ4v) is 1.82. The average Bonchev–Trinajstić information content (AvgIpc) is 2.45. The zero-order valence-electron chi connectivity index (χ0n) is 10.4. The smallest absolute Gasteiger partial charge is 0.366 e. The first-order valence-corrected chi connectivity index (χ1v) is 6.43. The predicted molar refractivity (Wildman–Crippen MR) is 72.6 cm³/mol. The number of anilines is 1. The Kier molecular flexibility index (Phi) is 4.49. The number of pyridine rings is 1. The van der Waals surface area contributed by atoms with Crippen molar-refractivity contribution in [3.8, 4) is 0 Å². The molecular formula is C14H12ClF3N2. The number of benzene rings is 1. The first-order chi connectivity index (χ1) is 9.49. The molecule has 1 aromatic carbocycles. The summed E-state index contributed by atoms with van der Waals surface area (Å²) in [5, 5.41) is 2.87. The molecule has 106 valence electrons. The summed E-state index contributed by atoms with van der Waals surface area (Å²) < 4.78 is 37.6. The summed E-state index contributed by atoms with van der Waals surface area (Å²) >= 11 is 5.68. The van der Waals surface area contributed by atoms with Crippen molar-refractivity contribution in [2.24, 2.45) is 0 Å². The second-order valence-corrected chi connectivity index (χ2v) is 4.50. The van der Waals surface area contributed by atoms with Crippen molar-refractivity contribution >= 4 is 17.4 Å². The molecule has 0 fully saturated rings. The van der Waals surface area contributed by atoms with Crippen molar-refractivity contribution in [3.05, 3.63) is 59.3 Å². The first-order valence-electron chi connectivity index (χ1n) is 5.90. The van der Waals surface area contributed by atoms with E-state index in [0.29, 0.717) is 12.4 Å². The summed E-state index contributed by atoms with van der Waals surface area (Å²) in [6, 6.07) is 9.44. The Bertz CT molecular complexity index is 567. The lowest BCUT2D eigenvalue weighted by Gasteiger charge is -2.10. The van der Waals surface area contributed by atoms with Crippen LogP contribution in [0.1, 0.15) is 16.7 Å². The SMILES string of the molecule is FC(F)(F)c1ccnc(NCc2ccc(CCl)cc2)c1. The number of nitrogens with one attached hydrogen (secondary N) is 1. The number of hydrogen-bond donors (Lipinski definition) is 1. The molecular weight excluding hydrogens is 289 g/mol. The highest BCUT2D eigenvalue weighted by molar-refractivity contribution is 6.17. The van der Waals surface area contributed by atoms with Crippen LogP contribution < -0.4 is 5.32 Å². The van der Waals surface area contributed by atoms with Gasteiger partial charge in [0.25, 0.3) is 0 Å². The minimum atomic E-state index is -4.36. The van der Waals surface area contributed by atoms with Gasteiger partial charge in [0.1, 0.15) is 5.82 Å². The normalized spacial score (nSPS) is 11.4. The zero-order chi connectivity index (χ0) is 14.6. The summed E-state index contributed by atoms with van der Waals surface area (Å²) in [6.07, 6.45) is -3.22. The van der Waals surface area contributed by atoms with Gasteiger partial charge in [-0.15, -0.1) is 11.6 Å². The Morgan fingerprint density at radius 1 is 1.05 bits per heavy atom. The second-order valence-electron chi connectivity index (χ2n) is 4.23. The van der Waals surface area contributed by atoms with Crippen LogP contribution >= 0.6 is 11.6 Å². The van der Waals surface area contributed by atoms with Crippen LogP contribution in [0.15, 0.2) is 42.6 Å². The molecule has 1 N–H and O–H groups in total. The molecule has 0 spiro atoms. The van der Waals surface area contributed by atoms with Gasteiger partial charge in [-0.1, -0.05) is 24.3 Å². The van der Waals surface area contributed by atoms with E-state index in [0.717, 1.165) is 29.5 Å². The standard InChI is InChI=1S/C14H12ClF3N2/c15-8-10-1-3-11(4-2-10)9-20-13-7-12(5-6-19-13)14(16,17)18/h1-7H,8-9H2,(H,19,20). The number of alkyl halides is 4. The molecule has 0 saturated heterocycles. The quantitative estimate of drug-likeness (QED) is 0.844. The highest BCUT2D eigenvalue weighted by Gasteiger charge is 2.30. The topological polar surface area (TPSA) is 24.9 Å². The summed E-state index contributed by atoms with van der Waals surface area (Å²) in [5.41, 5.74) is 1.22. The van der Waals surface area contributed by atoms with E-state index >= 15 is 0 Å². The fraction of sp³-hybridized carbons (Fsp3) is 0.214. The molecule has 0 unspecified atom stereocenters. The van der Waals surface area contributed by atoms with Crippen LogP contribution in [0.3, 0.4) is 0 Å². The van der Waals surface area contributed by atoms with Crippen LogP contribution in [0.4, 0.5) is 19.0 Å². The maximum atomic E-state index is 12.5.